The van der Waals surface area contributed by atoms with E-state index in [2.05, 4.69) is 16.4 Å². The quantitative estimate of drug-likeness (QED) is 0.214. The number of fused-ring (bicyclic) bond motifs is 1. The molecule has 3 aromatic carbocycles. The van der Waals surface area contributed by atoms with Gasteiger partial charge >= 0.3 is 0 Å². The molecule has 0 saturated carbocycles. The molecule has 8 heteroatoms. The fourth-order valence-corrected chi connectivity index (χ4v) is 3.46. The van der Waals surface area contributed by atoms with Crippen LogP contribution in [0, 0.1) is 11.3 Å². The number of anilines is 2. The predicted molar refractivity (Wildman–Crippen MR) is 132 cm³/mol. The van der Waals surface area contributed by atoms with Crippen molar-refractivity contribution in [2.24, 2.45) is 0 Å². The molecule has 172 valence electrons. The van der Waals surface area contributed by atoms with E-state index in [0.717, 1.165) is 11.1 Å². The lowest BCUT2D eigenvalue weighted by molar-refractivity contribution is 0.295. The number of aromatic hydroxyl groups is 1. The Balaban J connectivity index is 1.64. The molecule has 0 atom stereocenters. The lowest BCUT2D eigenvalue weighted by Crippen LogP contribution is -2.02. The molecule has 1 aromatic heterocycles. The number of rotatable bonds is 9. The van der Waals surface area contributed by atoms with Gasteiger partial charge in [0.05, 0.1) is 30.5 Å². The Morgan fingerprint density at radius 1 is 1.06 bits per heavy atom. The van der Waals surface area contributed by atoms with E-state index in [9.17, 15) is 10.4 Å². The molecule has 0 saturated heterocycles. The smallest absolute Gasteiger partial charge is 0.169 e. The number of nitriles is 1. The molecule has 0 bridgehead atoms. The summed E-state index contributed by atoms with van der Waals surface area (Å²) in [6, 6.07) is 19.7. The third-order valence-corrected chi connectivity index (χ3v) is 5.29. The number of hydrogen-bond donors (Lipinski definition) is 2. The monoisotopic (exact) mass is 475 g/mol. The average Bonchev–Trinajstić information content (AvgIpc) is 2.86. The number of alkyl halides is 1. The second-order valence-electron chi connectivity index (χ2n) is 7.29. The summed E-state index contributed by atoms with van der Waals surface area (Å²) in [5.41, 5.74) is 2.39. The highest BCUT2D eigenvalue weighted by Crippen LogP contribution is 2.37. The average molecular weight is 476 g/mol. The standard InChI is InChI=1S/C26H22ClN3O4/c1-32-24-13-20-21(14-25(24)33-12-4-11-27)29-16-17(15-28)26(20)30-18-7-9-19(10-8-18)34-23-6-3-2-5-22(23)31/h2-3,5-10,13-14,16,31H,4,11-12H2,1H3,(H,29,30). The molecule has 0 amide bonds. The van der Waals surface area contributed by atoms with Gasteiger partial charge in [-0.2, -0.15) is 5.26 Å². The van der Waals surface area contributed by atoms with Gasteiger partial charge in [-0.3, -0.25) is 4.98 Å². The van der Waals surface area contributed by atoms with Gasteiger partial charge in [-0.15, -0.1) is 11.6 Å². The van der Waals surface area contributed by atoms with Gasteiger partial charge in [0.25, 0.3) is 0 Å². The number of phenolic OH excluding ortho intramolecular Hbond substituents is 1. The maximum Gasteiger partial charge on any atom is 0.169 e. The van der Waals surface area contributed by atoms with E-state index >= 15 is 0 Å². The molecular weight excluding hydrogens is 454 g/mol. The number of para-hydroxylation sites is 2. The molecule has 0 aliphatic rings. The molecule has 2 N–H and O–H groups in total. The molecule has 1 heterocycles. The van der Waals surface area contributed by atoms with Crippen molar-refractivity contribution in [1.29, 1.82) is 5.26 Å². The summed E-state index contributed by atoms with van der Waals surface area (Å²) in [5, 5.41) is 23.6. The van der Waals surface area contributed by atoms with Gasteiger partial charge in [-0.05, 0) is 48.9 Å². The maximum atomic E-state index is 9.90. The molecule has 34 heavy (non-hydrogen) atoms. The molecular formula is C26H22ClN3O4. The SMILES string of the molecule is COc1cc2c(Nc3ccc(Oc4ccccc4O)cc3)c(C#N)cnc2cc1OCCCCl. The van der Waals surface area contributed by atoms with Crippen molar-refractivity contribution in [2.75, 3.05) is 24.9 Å². The van der Waals surface area contributed by atoms with Gasteiger partial charge in [0.2, 0.25) is 0 Å². The number of phenols is 1. The largest absolute Gasteiger partial charge is 0.504 e. The second-order valence-corrected chi connectivity index (χ2v) is 7.67. The number of halogens is 1. The van der Waals surface area contributed by atoms with Crippen LogP contribution in [0.2, 0.25) is 0 Å². The van der Waals surface area contributed by atoms with Crippen LogP contribution in [0.4, 0.5) is 11.4 Å². The number of aromatic nitrogens is 1. The maximum absolute atomic E-state index is 9.90. The van der Waals surface area contributed by atoms with Gasteiger partial charge in [-0.25, -0.2) is 0 Å². The van der Waals surface area contributed by atoms with E-state index in [4.69, 9.17) is 25.8 Å². The van der Waals surface area contributed by atoms with Crippen LogP contribution in [-0.4, -0.2) is 29.7 Å². The summed E-state index contributed by atoms with van der Waals surface area (Å²) in [7, 11) is 1.56. The molecule has 7 nitrogen and oxygen atoms in total. The Morgan fingerprint density at radius 2 is 1.85 bits per heavy atom. The first kappa shape index (κ1) is 23.0. The van der Waals surface area contributed by atoms with E-state index in [1.165, 1.54) is 6.20 Å². The number of nitrogens with zero attached hydrogens (tertiary/aromatic N) is 2. The van der Waals surface area contributed by atoms with Crippen LogP contribution in [-0.2, 0) is 0 Å². The van der Waals surface area contributed by atoms with Crippen molar-refractivity contribution in [2.45, 2.75) is 6.42 Å². The van der Waals surface area contributed by atoms with Crippen molar-refractivity contribution in [3.8, 4) is 34.8 Å². The number of pyridine rings is 1. The molecule has 0 unspecified atom stereocenters. The van der Waals surface area contributed by atoms with E-state index < -0.39 is 0 Å². The summed E-state index contributed by atoms with van der Waals surface area (Å²) in [4.78, 5) is 4.42. The minimum Gasteiger partial charge on any atom is -0.504 e. The Kier molecular flexibility index (Phi) is 7.21. The van der Waals surface area contributed by atoms with Crippen LogP contribution < -0.4 is 19.5 Å². The first-order valence-electron chi connectivity index (χ1n) is 10.6. The van der Waals surface area contributed by atoms with Gasteiger partial charge in [0.15, 0.2) is 23.0 Å². The van der Waals surface area contributed by atoms with Crippen LogP contribution in [0.15, 0.2) is 66.9 Å². The Labute approximate surface area is 202 Å². The van der Waals surface area contributed by atoms with Crippen LogP contribution in [0.5, 0.6) is 28.7 Å². The van der Waals surface area contributed by atoms with Crippen LogP contribution >= 0.6 is 11.6 Å². The van der Waals surface area contributed by atoms with E-state index in [1.54, 1.807) is 55.6 Å². The molecule has 0 aliphatic heterocycles. The highest BCUT2D eigenvalue weighted by Gasteiger charge is 2.15. The topological polar surface area (TPSA) is 96.6 Å². The van der Waals surface area contributed by atoms with Crippen LogP contribution in [0.25, 0.3) is 10.9 Å². The Bertz CT molecular complexity index is 1340. The summed E-state index contributed by atoms with van der Waals surface area (Å²) in [6.07, 6.45) is 2.23. The molecule has 0 radical (unpaired) electrons. The first-order chi connectivity index (χ1) is 16.6. The fourth-order valence-electron chi connectivity index (χ4n) is 3.35. The number of methoxy groups -OCH3 is 1. The molecule has 0 aliphatic carbocycles. The zero-order valence-corrected chi connectivity index (χ0v) is 19.2. The lowest BCUT2D eigenvalue weighted by Gasteiger charge is -2.15. The summed E-state index contributed by atoms with van der Waals surface area (Å²) in [6.45, 7) is 0.460. The number of hydrogen-bond acceptors (Lipinski definition) is 7. The third kappa shape index (κ3) is 5.08. The fraction of sp³-hybridized carbons (Fsp3) is 0.154. The summed E-state index contributed by atoms with van der Waals surface area (Å²) in [5.74, 6) is 2.59. The number of nitrogens with one attached hydrogen (secondary N) is 1. The van der Waals surface area contributed by atoms with Gasteiger partial charge in [0.1, 0.15) is 11.8 Å². The minimum absolute atomic E-state index is 0.0616. The van der Waals surface area contributed by atoms with Crippen LogP contribution in [0.3, 0.4) is 0 Å². The molecule has 0 spiro atoms. The highest BCUT2D eigenvalue weighted by atomic mass is 35.5. The summed E-state index contributed by atoms with van der Waals surface area (Å²) < 4.78 is 17.0. The predicted octanol–water partition coefficient (Wildman–Crippen LogP) is 6.36. The summed E-state index contributed by atoms with van der Waals surface area (Å²) >= 11 is 5.74. The first-order valence-corrected chi connectivity index (χ1v) is 11.1. The normalized spacial score (nSPS) is 10.5. The minimum atomic E-state index is 0.0616. The lowest BCUT2D eigenvalue weighted by atomic mass is 10.1. The second kappa shape index (κ2) is 10.6. The van der Waals surface area contributed by atoms with E-state index in [-0.39, 0.29) is 5.75 Å². The van der Waals surface area contributed by atoms with Gasteiger partial charge in [0, 0.05) is 29.2 Å². The van der Waals surface area contributed by atoms with E-state index in [1.807, 2.05) is 12.1 Å². The third-order valence-electron chi connectivity index (χ3n) is 5.03. The van der Waals surface area contributed by atoms with Crippen molar-refractivity contribution >= 4 is 33.9 Å². The van der Waals surface area contributed by atoms with Crippen molar-refractivity contribution in [1.82, 2.24) is 4.98 Å². The number of ether oxygens (including phenoxy) is 3. The zero-order valence-electron chi connectivity index (χ0n) is 18.4. The highest BCUT2D eigenvalue weighted by molar-refractivity contribution is 6.17. The van der Waals surface area contributed by atoms with Gasteiger partial charge < -0.3 is 24.6 Å². The Morgan fingerprint density at radius 3 is 2.56 bits per heavy atom. The zero-order chi connectivity index (χ0) is 23.9. The molecule has 4 aromatic rings. The number of benzene rings is 3. The van der Waals surface area contributed by atoms with Crippen molar-refractivity contribution < 1.29 is 19.3 Å². The van der Waals surface area contributed by atoms with E-state index in [0.29, 0.717) is 58.7 Å². The van der Waals surface area contributed by atoms with Gasteiger partial charge in [-0.1, -0.05) is 12.1 Å². The molecule has 0 fully saturated rings. The van der Waals surface area contributed by atoms with Crippen molar-refractivity contribution in [3.05, 3.63) is 72.4 Å². The van der Waals surface area contributed by atoms with Crippen LogP contribution in [0.1, 0.15) is 12.0 Å². The Hall–Kier alpha value is -4.15. The molecule has 4 rings (SSSR count). The van der Waals surface area contributed by atoms with Crippen molar-refractivity contribution in [3.63, 3.8) is 0 Å².